The van der Waals surface area contributed by atoms with Crippen LogP contribution in [-0.2, 0) is 54.3 Å². The van der Waals surface area contributed by atoms with Crippen molar-refractivity contribution in [2.45, 2.75) is 149 Å². The van der Waals surface area contributed by atoms with Crippen molar-refractivity contribution in [1.82, 2.24) is 30.7 Å². The van der Waals surface area contributed by atoms with Crippen LogP contribution in [0, 0.1) is 23.7 Å². The number of unbranched alkanes of at least 4 members (excludes halogenated alkanes) is 3. The maximum atomic E-state index is 14.4. The predicted octanol–water partition coefficient (Wildman–Crippen LogP) is 4.13. The van der Waals surface area contributed by atoms with E-state index in [1.165, 1.54) is 43.3 Å². The lowest BCUT2D eigenvalue weighted by molar-refractivity contribution is -0.146. The zero-order valence-corrected chi connectivity index (χ0v) is 42.5. The van der Waals surface area contributed by atoms with E-state index in [9.17, 15) is 43.5 Å². The zero-order chi connectivity index (χ0) is 51.2. The molecule has 0 spiro atoms. The summed E-state index contributed by atoms with van der Waals surface area (Å²) in [5.41, 5.74) is 0.652. The van der Waals surface area contributed by atoms with Crippen LogP contribution in [0.15, 0.2) is 36.4 Å². The molecule has 1 aromatic carbocycles. The van der Waals surface area contributed by atoms with E-state index in [-0.39, 0.29) is 73.1 Å². The van der Waals surface area contributed by atoms with Crippen LogP contribution in [0.4, 0.5) is 0 Å². The second kappa shape index (κ2) is 29.5. The van der Waals surface area contributed by atoms with E-state index in [2.05, 4.69) is 16.0 Å². The van der Waals surface area contributed by atoms with Gasteiger partial charge in [0.05, 0.1) is 37.7 Å². The minimum atomic E-state index is -1.17. The number of ether oxygens (including phenoxy) is 3. The van der Waals surface area contributed by atoms with Gasteiger partial charge in [-0.1, -0.05) is 79.5 Å². The van der Waals surface area contributed by atoms with Gasteiger partial charge in [0.25, 0.3) is 11.8 Å². The molecule has 0 aromatic heterocycles. The van der Waals surface area contributed by atoms with Crippen LogP contribution in [0.3, 0.4) is 0 Å². The first-order valence-electron chi connectivity index (χ1n) is 24.0. The van der Waals surface area contributed by atoms with E-state index < -0.39 is 60.1 Å². The van der Waals surface area contributed by atoms with E-state index in [0.717, 1.165) is 0 Å². The van der Waals surface area contributed by atoms with Crippen LogP contribution in [0.25, 0.3) is 0 Å². The van der Waals surface area contributed by atoms with Crippen molar-refractivity contribution in [3.05, 3.63) is 42.0 Å². The van der Waals surface area contributed by atoms with Crippen molar-refractivity contribution in [3.63, 3.8) is 0 Å². The topological polar surface area (TPSA) is 230 Å². The molecule has 68 heavy (non-hydrogen) atoms. The van der Waals surface area contributed by atoms with Crippen LogP contribution in [0.1, 0.15) is 112 Å². The standard InChI is InChI=1S/C50H80N6O12/c1-13-33(6)46(55(9)49(63)44(31(2)3)53-48(62)45(32(4)5)54(8)41(58)24-15-14-20-28-56-42(59)25-26-43(56)60)39(68-12)30-40(57)51-27-19-18-22-37(66-10)34(7)47(61)52-36(50(64)65)29-35-21-16-17-23-38(35)67-11/h16-17,21,23,25-26,31-34,36-37,39,44-46H,13-15,18-20,22,24,27-30H2,1-12H3,(H,51,57)(H,52,61)(H,53,62)(H,64,65)/t33-,34+,36-,37-,39?,44-,45?,46?/m0/s1. The van der Waals surface area contributed by atoms with Crippen molar-refractivity contribution in [2.24, 2.45) is 23.7 Å². The average Bonchev–Trinajstić information content (AvgIpc) is 3.62. The van der Waals surface area contributed by atoms with Crippen LogP contribution in [0.2, 0.25) is 0 Å². The maximum Gasteiger partial charge on any atom is 0.326 e. The summed E-state index contributed by atoms with van der Waals surface area (Å²) in [6.07, 6.45) is 5.49. The summed E-state index contributed by atoms with van der Waals surface area (Å²) in [5, 5.41) is 18.4. The Hall–Kier alpha value is -5.36. The molecule has 8 atom stereocenters. The first-order valence-corrected chi connectivity index (χ1v) is 24.0. The zero-order valence-electron chi connectivity index (χ0n) is 42.5. The van der Waals surface area contributed by atoms with Gasteiger partial charge in [-0.15, -0.1) is 0 Å². The van der Waals surface area contributed by atoms with Crippen molar-refractivity contribution in [2.75, 3.05) is 48.5 Å². The van der Waals surface area contributed by atoms with Crippen molar-refractivity contribution in [1.29, 1.82) is 0 Å². The summed E-state index contributed by atoms with van der Waals surface area (Å²) in [6.45, 7) is 13.6. The Balaban J connectivity index is 1.99. The number of hydrogen-bond acceptors (Lipinski definition) is 11. The summed E-state index contributed by atoms with van der Waals surface area (Å²) in [5.74, 6) is -4.44. The van der Waals surface area contributed by atoms with Crippen LogP contribution >= 0.6 is 0 Å². The van der Waals surface area contributed by atoms with Gasteiger partial charge in [-0.3, -0.25) is 38.5 Å². The second-order valence-corrected chi connectivity index (χ2v) is 18.5. The smallest absolute Gasteiger partial charge is 0.326 e. The molecule has 0 aliphatic carbocycles. The Labute approximate surface area is 403 Å². The Morgan fingerprint density at radius 1 is 0.765 bits per heavy atom. The third kappa shape index (κ3) is 17.6. The minimum absolute atomic E-state index is 0.0344. The van der Waals surface area contributed by atoms with Gasteiger partial charge in [-0.05, 0) is 61.5 Å². The molecule has 3 unspecified atom stereocenters. The highest BCUT2D eigenvalue weighted by atomic mass is 16.5. The van der Waals surface area contributed by atoms with Crippen LogP contribution in [-0.4, -0.2) is 152 Å². The average molecular weight is 957 g/mol. The lowest BCUT2D eigenvalue weighted by atomic mass is 9.89. The number of nitrogens with one attached hydrogen (secondary N) is 3. The number of hydrogen-bond donors (Lipinski definition) is 4. The number of likely N-dealkylation sites (N-methyl/N-ethyl adjacent to an activating group) is 2. The molecule has 0 saturated heterocycles. The summed E-state index contributed by atoms with van der Waals surface area (Å²) >= 11 is 0. The van der Waals surface area contributed by atoms with E-state index >= 15 is 0 Å². The number of imide groups is 1. The summed E-state index contributed by atoms with van der Waals surface area (Å²) in [6, 6.07) is 3.53. The van der Waals surface area contributed by atoms with E-state index in [4.69, 9.17) is 14.2 Å². The lowest BCUT2D eigenvalue weighted by Crippen LogP contribution is -2.60. The normalized spacial score (nSPS) is 16.1. The highest BCUT2D eigenvalue weighted by Crippen LogP contribution is 2.25. The van der Waals surface area contributed by atoms with E-state index in [1.807, 2.05) is 41.5 Å². The molecule has 0 saturated carbocycles. The third-order valence-electron chi connectivity index (χ3n) is 12.9. The Bertz CT molecular complexity index is 1850. The van der Waals surface area contributed by atoms with Gasteiger partial charge in [-0.25, -0.2) is 4.79 Å². The molecule has 0 bridgehead atoms. The van der Waals surface area contributed by atoms with Gasteiger partial charge in [-0.2, -0.15) is 0 Å². The minimum Gasteiger partial charge on any atom is -0.496 e. The fraction of sp³-hybridized carbons (Fsp3) is 0.680. The monoisotopic (exact) mass is 957 g/mol. The fourth-order valence-electron chi connectivity index (χ4n) is 8.62. The highest BCUT2D eigenvalue weighted by Gasteiger charge is 2.39. The predicted molar refractivity (Wildman–Crippen MR) is 257 cm³/mol. The molecule has 1 heterocycles. The number of carboxylic acid groups (broad SMARTS) is 1. The number of benzene rings is 1. The molecule has 1 aliphatic rings. The molecule has 1 aliphatic heterocycles. The molecular formula is C50H80N6O12. The summed E-state index contributed by atoms with van der Waals surface area (Å²) in [7, 11) is 7.73. The number of para-hydroxylation sites is 1. The first kappa shape index (κ1) is 58.8. The quantitative estimate of drug-likeness (QED) is 0.0591. The first-order chi connectivity index (χ1) is 32.1. The van der Waals surface area contributed by atoms with Gasteiger partial charge in [0.2, 0.25) is 29.5 Å². The number of nitrogens with zero attached hydrogens (tertiary/aromatic N) is 3. The molecule has 0 radical (unpaired) electrons. The third-order valence-corrected chi connectivity index (χ3v) is 12.9. The van der Waals surface area contributed by atoms with Crippen molar-refractivity contribution in [3.8, 4) is 5.75 Å². The van der Waals surface area contributed by atoms with Gasteiger partial charge >= 0.3 is 5.97 Å². The van der Waals surface area contributed by atoms with Crippen molar-refractivity contribution >= 4 is 47.3 Å². The fourth-order valence-corrected chi connectivity index (χ4v) is 8.62. The Kier molecular flexibility index (Phi) is 25.5. The molecule has 0 fully saturated rings. The number of rotatable bonds is 32. The van der Waals surface area contributed by atoms with Crippen molar-refractivity contribution < 1.29 is 57.7 Å². The molecule has 18 heteroatoms. The molecule has 2 rings (SSSR count). The number of carbonyl (C=O) groups is 8. The molecule has 1 aromatic rings. The van der Waals surface area contributed by atoms with E-state index in [0.29, 0.717) is 62.8 Å². The molecular weight excluding hydrogens is 877 g/mol. The summed E-state index contributed by atoms with van der Waals surface area (Å²) in [4.78, 5) is 108. The van der Waals surface area contributed by atoms with Gasteiger partial charge in [0.1, 0.15) is 23.9 Å². The van der Waals surface area contributed by atoms with Gasteiger partial charge in [0, 0.05) is 66.4 Å². The summed E-state index contributed by atoms with van der Waals surface area (Å²) < 4.78 is 16.9. The SMILES string of the molecule is CC[C@H](C)C(C(CC(=O)NCCCC[C@H](OC)[C@@H](C)C(=O)N[C@@H](Cc1ccccc1OC)C(=O)O)OC)N(C)C(=O)[C@@H](NC(=O)C(C(C)C)N(C)C(=O)CCCCCN1C(=O)C=CC1=O)C(C)C. The van der Waals surface area contributed by atoms with E-state index in [1.54, 1.807) is 50.2 Å². The number of carbonyl (C=O) groups excluding carboxylic acids is 7. The number of carboxylic acids is 1. The highest BCUT2D eigenvalue weighted by molar-refractivity contribution is 6.12. The maximum absolute atomic E-state index is 14.4. The van der Waals surface area contributed by atoms with Crippen LogP contribution in [0.5, 0.6) is 5.75 Å². The molecule has 4 N–H and O–H groups in total. The lowest BCUT2D eigenvalue weighted by Gasteiger charge is -2.40. The Morgan fingerprint density at radius 3 is 1.96 bits per heavy atom. The van der Waals surface area contributed by atoms with Crippen LogP contribution < -0.4 is 20.7 Å². The second-order valence-electron chi connectivity index (χ2n) is 18.5. The number of methoxy groups -OCH3 is 3. The van der Waals surface area contributed by atoms with Gasteiger partial charge in [0.15, 0.2) is 0 Å². The Morgan fingerprint density at radius 2 is 1.40 bits per heavy atom. The van der Waals surface area contributed by atoms with Gasteiger partial charge < -0.3 is 45.1 Å². The molecule has 382 valence electrons. The molecule has 7 amide bonds. The molecule has 18 nitrogen and oxygen atoms in total. The number of amides is 7. The largest absolute Gasteiger partial charge is 0.496 e. The number of aliphatic carboxylic acids is 1.